The molecule has 0 aromatic heterocycles. The molecule has 0 aromatic rings. The zero-order chi connectivity index (χ0) is 42.3. The second-order valence-corrected chi connectivity index (χ2v) is 14.9. The molecule has 0 spiro atoms. The van der Waals surface area contributed by atoms with Crippen LogP contribution in [-0.2, 0) is 28.6 Å². The summed E-state index contributed by atoms with van der Waals surface area (Å²) in [5.41, 5.74) is 0. The Labute approximate surface area is 356 Å². The van der Waals surface area contributed by atoms with Crippen molar-refractivity contribution in [2.24, 2.45) is 0 Å². The van der Waals surface area contributed by atoms with Gasteiger partial charge in [-0.25, -0.2) is 0 Å². The Balaban J connectivity index is 4.53. The Morgan fingerprint density at radius 3 is 1.05 bits per heavy atom. The van der Waals surface area contributed by atoms with Gasteiger partial charge in [-0.1, -0.05) is 176 Å². The molecule has 0 fully saturated rings. The van der Waals surface area contributed by atoms with E-state index in [9.17, 15) is 14.4 Å². The molecule has 0 bridgehead atoms. The van der Waals surface area contributed by atoms with Crippen LogP contribution in [0.5, 0.6) is 0 Å². The van der Waals surface area contributed by atoms with Crippen LogP contribution in [0.25, 0.3) is 0 Å². The number of unbranched alkanes of at least 4 members (excludes halogenated alkanes) is 13. The third-order valence-electron chi connectivity index (χ3n) is 9.33. The standard InChI is InChI=1S/C52H84O6/c1-4-7-10-13-16-19-22-24-26-28-30-33-36-39-42-45-51(54)57-48-49(47-56-50(53)44-41-38-35-32-21-18-15-12-9-6-3)58-52(55)46-43-40-37-34-31-29-27-25-23-20-17-14-11-8-5-2/h7-8,10-11,16-17,19-20,24-27,30-31,33-34,49H,4-6,9,12-15,18,21-23,28-29,32,35-48H2,1-3H3/b10-7-,11-8-,19-16-,20-17-,26-24-,27-25-,33-30-,34-31-. The molecule has 0 N–H and O–H groups in total. The third-order valence-corrected chi connectivity index (χ3v) is 9.33. The molecule has 6 nitrogen and oxygen atoms in total. The van der Waals surface area contributed by atoms with Crippen LogP contribution in [0, 0.1) is 0 Å². The van der Waals surface area contributed by atoms with Crippen molar-refractivity contribution in [3.63, 3.8) is 0 Å². The van der Waals surface area contributed by atoms with Crippen molar-refractivity contribution in [2.45, 2.75) is 200 Å². The van der Waals surface area contributed by atoms with Crippen molar-refractivity contribution in [2.75, 3.05) is 13.2 Å². The summed E-state index contributed by atoms with van der Waals surface area (Å²) >= 11 is 0. The monoisotopic (exact) mass is 805 g/mol. The Hall–Kier alpha value is -3.67. The fourth-order valence-corrected chi connectivity index (χ4v) is 5.89. The van der Waals surface area contributed by atoms with Crippen molar-refractivity contribution in [3.05, 3.63) is 97.2 Å². The van der Waals surface area contributed by atoms with E-state index >= 15 is 0 Å². The molecule has 58 heavy (non-hydrogen) atoms. The molecule has 6 heteroatoms. The smallest absolute Gasteiger partial charge is 0.306 e. The number of hydrogen-bond acceptors (Lipinski definition) is 6. The average molecular weight is 805 g/mol. The minimum atomic E-state index is -0.813. The summed E-state index contributed by atoms with van der Waals surface area (Å²) in [6, 6.07) is 0. The van der Waals surface area contributed by atoms with Crippen LogP contribution in [0.15, 0.2) is 97.2 Å². The fraction of sp³-hybridized carbons (Fsp3) is 0.635. The predicted octanol–water partition coefficient (Wildman–Crippen LogP) is 15.0. The number of hydrogen-bond donors (Lipinski definition) is 0. The number of ether oxygens (including phenoxy) is 3. The van der Waals surface area contributed by atoms with Gasteiger partial charge in [0, 0.05) is 19.3 Å². The first-order valence-corrected chi connectivity index (χ1v) is 23.2. The van der Waals surface area contributed by atoms with Gasteiger partial charge in [0.25, 0.3) is 0 Å². The van der Waals surface area contributed by atoms with Gasteiger partial charge in [0.15, 0.2) is 6.10 Å². The zero-order valence-electron chi connectivity index (χ0n) is 37.3. The van der Waals surface area contributed by atoms with Gasteiger partial charge in [-0.05, 0) is 96.3 Å². The van der Waals surface area contributed by atoms with Gasteiger partial charge in [0.1, 0.15) is 13.2 Å². The normalized spacial score (nSPS) is 12.9. The lowest BCUT2D eigenvalue weighted by Crippen LogP contribution is -2.30. The van der Waals surface area contributed by atoms with Crippen molar-refractivity contribution < 1.29 is 28.6 Å². The highest BCUT2D eigenvalue weighted by atomic mass is 16.6. The van der Waals surface area contributed by atoms with Crippen LogP contribution in [0.1, 0.15) is 194 Å². The van der Waals surface area contributed by atoms with E-state index in [0.717, 1.165) is 96.3 Å². The van der Waals surface area contributed by atoms with Crippen molar-refractivity contribution in [1.29, 1.82) is 0 Å². The summed E-state index contributed by atoms with van der Waals surface area (Å²) in [7, 11) is 0. The number of allylic oxidation sites excluding steroid dienone is 16. The molecule has 0 amide bonds. The van der Waals surface area contributed by atoms with Crippen LogP contribution in [0.3, 0.4) is 0 Å². The van der Waals surface area contributed by atoms with Gasteiger partial charge >= 0.3 is 17.9 Å². The molecule has 0 radical (unpaired) electrons. The van der Waals surface area contributed by atoms with Crippen molar-refractivity contribution in [3.8, 4) is 0 Å². The second kappa shape index (κ2) is 46.0. The van der Waals surface area contributed by atoms with Crippen LogP contribution < -0.4 is 0 Å². The maximum atomic E-state index is 12.7. The SMILES string of the molecule is CC/C=C\C/C=C\C/C=C\C/C=C\CCCCC(=O)OCC(COC(=O)CCCCCCCCCCCC)OC(=O)CCCC/C=C\C/C=C\C/C=C\C/C=C\CC. The van der Waals surface area contributed by atoms with E-state index in [1.54, 1.807) is 0 Å². The number of carbonyl (C=O) groups excluding carboxylic acids is 3. The first kappa shape index (κ1) is 54.3. The predicted molar refractivity (Wildman–Crippen MR) is 247 cm³/mol. The van der Waals surface area contributed by atoms with Gasteiger partial charge < -0.3 is 14.2 Å². The molecular weight excluding hydrogens is 721 g/mol. The fourth-order valence-electron chi connectivity index (χ4n) is 5.89. The topological polar surface area (TPSA) is 78.9 Å². The van der Waals surface area contributed by atoms with Crippen LogP contribution in [0.2, 0.25) is 0 Å². The Morgan fingerprint density at radius 2 is 0.672 bits per heavy atom. The summed E-state index contributed by atoms with van der Waals surface area (Å²) in [5.74, 6) is -1.00. The maximum Gasteiger partial charge on any atom is 0.306 e. The molecule has 1 unspecified atom stereocenters. The molecule has 0 saturated heterocycles. The molecule has 0 saturated carbocycles. The summed E-state index contributed by atoms with van der Waals surface area (Å²) < 4.78 is 16.6. The molecule has 0 heterocycles. The van der Waals surface area contributed by atoms with Gasteiger partial charge in [-0.15, -0.1) is 0 Å². The highest BCUT2D eigenvalue weighted by molar-refractivity contribution is 5.71. The quantitative estimate of drug-likeness (QED) is 0.0266. The van der Waals surface area contributed by atoms with Gasteiger partial charge in [-0.3, -0.25) is 14.4 Å². The lowest BCUT2D eigenvalue weighted by Gasteiger charge is -2.18. The first-order chi connectivity index (χ1) is 28.5. The second-order valence-electron chi connectivity index (χ2n) is 14.9. The Morgan fingerprint density at radius 1 is 0.362 bits per heavy atom. The molecule has 0 aliphatic heterocycles. The van der Waals surface area contributed by atoms with Crippen molar-refractivity contribution >= 4 is 17.9 Å². The van der Waals surface area contributed by atoms with E-state index in [1.165, 1.54) is 44.9 Å². The van der Waals surface area contributed by atoms with E-state index in [-0.39, 0.29) is 37.5 Å². The lowest BCUT2D eigenvalue weighted by molar-refractivity contribution is -0.167. The lowest BCUT2D eigenvalue weighted by atomic mass is 10.1. The third kappa shape index (κ3) is 43.5. The van der Waals surface area contributed by atoms with Crippen molar-refractivity contribution in [1.82, 2.24) is 0 Å². The Bertz CT molecular complexity index is 1200. The van der Waals surface area contributed by atoms with Crippen LogP contribution >= 0.6 is 0 Å². The van der Waals surface area contributed by atoms with E-state index < -0.39 is 6.10 Å². The minimum absolute atomic E-state index is 0.108. The number of rotatable bonds is 40. The molecule has 0 aromatic carbocycles. The largest absolute Gasteiger partial charge is 0.462 e. The molecule has 0 aliphatic rings. The van der Waals surface area contributed by atoms with E-state index in [0.29, 0.717) is 25.7 Å². The molecule has 0 aliphatic carbocycles. The maximum absolute atomic E-state index is 12.7. The summed E-state index contributed by atoms with van der Waals surface area (Å²) in [5, 5.41) is 0. The van der Waals surface area contributed by atoms with E-state index in [1.807, 2.05) is 0 Å². The zero-order valence-corrected chi connectivity index (χ0v) is 37.3. The molecule has 328 valence electrons. The van der Waals surface area contributed by atoms with E-state index in [4.69, 9.17) is 14.2 Å². The minimum Gasteiger partial charge on any atom is -0.462 e. The van der Waals surface area contributed by atoms with Crippen LogP contribution in [0.4, 0.5) is 0 Å². The average Bonchev–Trinajstić information content (AvgIpc) is 3.22. The summed E-state index contributed by atoms with van der Waals surface area (Å²) in [4.78, 5) is 37.8. The first-order valence-electron chi connectivity index (χ1n) is 23.2. The van der Waals surface area contributed by atoms with Gasteiger partial charge in [-0.2, -0.15) is 0 Å². The highest BCUT2D eigenvalue weighted by Gasteiger charge is 2.19. The highest BCUT2D eigenvalue weighted by Crippen LogP contribution is 2.13. The summed E-state index contributed by atoms with van der Waals surface area (Å²) in [6.45, 7) is 6.30. The van der Waals surface area contributed by atoms with E-state index in [2.05, 4.69) is 118 Å². The van der Waals surface area contributed by atoms with Gasteiger partial charge in [0.05, 0.1) is 0 Å². The van der Waals surface area contributed by atoms with Gasteiger partial charge in [0.2, 0.25) is 0 Å². The van der Waals surface area contributed by atoms with Crippen LogP contribution in [-0.4, -0.2) is 37.2 Å². The Kier molecular flexibility index (Phi) is 43.1. The number of esters is 3. The number of carbonyl (C=O) groups is 3. The molecule has 1 atom stereocenters. The summed E-state index contributed by atoms with van der Waals surface area (Å²) in [6.07, 6.45) is 59.6. The molecule has 0 rings (SSSR count). The molecular formula is C52H84O6.